The Bertz CT molecular complexity index is 786. The van der Waals surface area contributed by atoms with Crippen LogP contribution in [-0.2, 0) is 23.8 Å². The molecule has 26 heavy (non-hydrogen) atoms. The van der Waals surface area contributed by atoms with Gasteiger partial charge in [0.25, 0.3) is 0 Å². The zero-order valence-corrected chi connectivity index (χ0v) is 14.7. The highest BCUT2D eigenvalue weighted by molar-refractivity contribution is 5.78. The zero-order valence-electron chi connectivity index (χ0n) is 14.7. The molecule has 1 aromatic rings. The van der Waals surface area contributed by atoms with E-state index in [0.29, 0.717) is 6.61 Å². The van der Waals surface area contributed by atoms with Crippen LogP contribution in [0.5, 0.6) is 0 Å². The molecule has 2 saturated carbocycles. The first-order chi connectivity index (χ1) is 12.5. The maximum atomic E-state index is 12.9. The van der Waals surface area contributed by atoms with Crippen molar-refractivity contribution in [3.8, 4) is 0 Å². The van der Waals surface area contributed by atoms with Gasteiger partial charge >= 0.3 is 11.9 Å². The lowest BCUT2D eigenvalue weighted by Gasteiger charge is -2.59. The van der Waals surface area contributed by atoms with E-state index in [-0.39, 0.29) is 58.8 Å². The number of carbonyl (C=O) groups excluding carboxylic acids is 2. The van der Waals surface area contributed by atoms with Gasteiger partial charge < -0.3 is 18.6 Å². The number of hydrogen-bond acceptors (Lipinski definition) is 6. The van der Waals surface area contributed by atoms with Gasteiger partial charge in [-0.1, -0.05) is 6.92 Å². The predicted molar refractivity (Wildman–Crippen MR) is 86.6 cm³/mol. The number of ether oxygens (including phenoxy) is 3. The Morgan fingerprint density at radius 2 is 2.08 bits per heavy atom. The van der Waals surface area contributed by atoms with Crippen molar-refractivity contribution in [2.75, 3.05) is 6.61 Å². The molecule has 0 radical (unpaired) electrons. The van der Waals surface area contributed by atoms with E-state index >= 15 is 0 Å². The molecule has 3 saturated heterocycles. The Morgan fingerprint density at radius 1 is 1.19 bits per heavy atom. The summed E-state index contributed by atoms with van der Waals surface area (Å²) >= 11 is 0. The number of cyclic esters (lactones) is 2. The summed E-state index contributed by atoms with van der Waals surface area (Å²) in [5.41, 5.74) is 0.456. The molecule has 0 aromatic carbocycles. The van der Waals surface area contributed by atoms with E-state index in [1.807, 2.05) is 6.07 Å². The Morgan fingerprint density at radius 3 is 2.88 bits per heavy atom. The summed E-state index contributed by atoms with van der Waals surface area (Å²) in [6.45, 7) is 2.68. The predicted octanol–water partition coefficient (Wildman–Crippen LogP) is 2.63. The van der Waals surface area contributed by atoms with Gasteiger partial charge in [0.05, 0.1) is 43.2 Å². The summed E-state index contributed by atoms with van der Waals surface area (Å²) in [4.78, 5) is 25.3. The highest BCUT2D eigenvalue weighted by Gasteiger charge is 2.74. The highest BCUT2D eigenvalue weighted by Crippen LogP contribution is 2.70. The van der Waals surface area contributed by atoms with E-state index in [1.165, 1.54) is 0 Å². The number of hydrogen-bond donors (Lipinski definition) is 0. The monoisotopic (exact) mass is 358 g/mol. The van der Waals surface area contributed by atoms with E-state index in [2.05, 4.69) is 6.92 Å². The molecule has 0 bridgehead atoms. The summed E-state index contributed by atoms with van der Waals surface area (Å²) in [5, 5.41) is 0. The fourth-order valence-corrected chi connectivity index (χ4v) is 6.83. The third kappa shape index (κ3) is 1.71. The van der Waals surface area contributed by atoms with Crippen LogP contribution < -0.4 is 0 Å². The molecule has 6 heteroatoms. The zero-order chi connectivity index (χ0) is 17.7. The lowest BCUT2D eigenvalue weighted by Crippen LogP contribution is -2.61. The van der Waals surface area contributed by atoms with Crippen molar-refractivity contribution < 1.29 is 28.2 Å². The first-order valence-corrected chi connectivity index (χ1v) is 9.58. The molecule has 4 heterocycles. The van der Waals surface area contributed by atoms with E-state index < -0.39 is 0 Å². The molecule has 8 atom stereocenters. The first kappa shape index (κ1) is 15.3. The van der Waals surface area contributed by atoms with E-state index in [4.69, 9.17) is 18.6 Å². The van der Waals surface area contributed by atoms with E-state index in [1.54, 1.807) is 12.5 Å². The van der Waals surface area contributed by atoms with Crippen molar-refractivity contribution in [3.63, 3.8) is 0 Å². The van der Waals surface area contributed by atoms with Crippen LogP contribution in [-0.4, -0.2) is 30.8 Å². The average Bonchev–Trinajstić information content (AvgIpc) is 3.01. The van der Waals surface area contributed by atoms with Crippen LogP contribution in [0.2, 0.25) is 0 Å². The second kappa shape index (κ2) is 4.71. The molecule has 2 aliphatic carbocycles. The summed E-state index contributed by atoms with van der Waals surface area (Å²) in [5.74, 6) is -0.258. The highest BCUT2D eigenvalue weighted by atomic mass is 16.6. The van der Waals surface area contributed by atoms with Crippen molar-refractivity contribution in [1.82, 2.24) is 0 Å². The second-order valence-electron chi connectivity index (χ2n) is 9.03. The smallest absolute Gasteiger partial charge is 0.310 e. The van der Waals surface area contributed by atoms with Crippen LogP contribution in [0, 0.1) is 28.6 Å². The number of epoxide rings is 1. The molecule has 6 rings (SSSR count). The molecule has 5 fully saturated rings. The van der Waals surface area contributed by atoms with Gasteiger partial charge in [-0.15, -0.1) is 0 Å². The molecular weight excluding hydrogens is 336 g/mol. The SMILES string of the molecule is C[C@]12C[C@H](c3ccoc3)OC(=O)[C@H]1CC[C@@]13COC(=O)[C@@H]1C[C@@H]1O[C@@H]1[C@@H]23. The van der Waals surface area contributed by atoms with Crippen molar-refractivity contribution in [2.45, 2.75) is 50.9 Å². The average molecular weight is 358 g/mol. The summed E-state index contributed by atoms with van der Waals surface area (Å²) in [6, 6.07) is 1.86. The van der Waals surface area contributed by atoms with Crippen LogP contribution in [0.15, 0.2) is 23.0 Å². The molecule has 0 amide bonds. The van der Waals surface area contributed by atoms with Crippen molar-refractivity contribution in [3.05, 3.63) is 24.2 Å². The number of esters is 2. The number of carbonyl (C=O) groups is 2. The largest absolute Gasteiger partial charge is 0.472 e. The Balaban J connectivity index is 1.44. The normalized spacial score (nSPS) is 51.4. The number of fused-ring (bicyclic) bond motifs is 4. The Labute approximate surface area is 151 Å². The van der Waals surface area contributed by atoms with Crippen molar-refractivity contribution in [1.29, 1.82) is 0 Å². The molecule has 1 aromatic heterocycles. The minimum absolute atomic E-state index is 0.0734. The first-order valence-electron chi connectivity index (χ1n) is 9.58. The van der Waals surface area contributed by atoms with Gasteiger partial charge in [0, 0.05) is 16.9 Å². The Hall–Kier alpha value is -1.82. The van der Waals surface area contributed by atoms with Gasteiger partial charge in [0.1, 0.15) is 6.10 Å². The molecule has 6 nitrogen and oxygen atoms in total. The second-order valence-corrected chi connectivity index (χ2v) is 9.03. The van der Waals surface area contributed by atoms with Gasteiger partial charge in [0.15, 0.2) is 0 Å². The molecule has 5 aliphatic rings. The molecule has 138 valence electrons. The lowest BCUT2D eigenvalue weighted by atomic mass is 9.44. The van der Waals surface area contributed by atoms with Crippen LogP contribution in [0.3, 0.4) is 0 Å². The topological polar surface area (TPSA) is 78.3 Å². The van der Waals surface area contributed by atoms with Crippen molar-refractivity contribution >= 4 is 11.9 Å². The summed E-state index contributed by atoms with van der Waals surface area (Å²) in [7, 11) is 0. The fourth-order valence-electron chi connectivity index (χ4n) is 6.83. The van der Waals surface area contributed by atoms with Crippen LogP contribution in [0.1, 0.15) is 44.3 Å². The van der Waals surface area contributed by atoms with Gasteiger partial charge in [-0.2, -0.15) is 0 Å². The van der Waals surface area contributed by atoms with Gasteiger partial charge in [-0.25, -0.2) is 0 Å². The molecule has 0 N–H and O–H groups in total. The fraction of sp³-hybridized carbons (Fsp3) is 0.700. The minimum Gasteiger partial charge on any atom is -0.472 e. The number of furan rings is 1. The molecular formula is C20H22O6. The van der Waals surface area contributed by atoms with Gasteiger partial charge in [-0.3, -0.25) is 9.59 Å². The van der Waals surface area contributed by atoms with E-state index in [0.717, 1.165) is 31.2 Å². The standard InChI is InChI=1S/C20H22O6/c1-19-7-14(10-3-5-23-8-10)26-18(22)11(19)2-4-20-9-24-17(21)12(20)6-13-15(25-13)16(19)20/h3,5,8,11-16H,2,4,6-7,9H2,1H3/t11-,12+,13+,14-,15+,16+,19+,20-/m1/s1. The van der Waals surface area contributed by atoms with E-state index in [9.17, 15) is 9.59 Å². The Kier molecular flexibility index (Phi) is 2.77. The maximum absolute atomic E-state index is 12.9. The molecule has 3 aliphatic heterocycles. The minimum atomic E-state index is -0.298. The van der Waals surface area contributed by atoms with Crippen LogP contribution in [0.4, 0.5) is 0 Å². The summed E-state index contributed by atoms with van der Waals surface area (Å²) < 4.78 is 22.6. The number of rotatable bonds is 1. The molecule has 0 unspecified atom stereocenters. The lowest BCUT2D eigenvalue weighted by molar-refractivity contribution is -0.199. The third-order valence-corrected chi connectivity index (χ3v) is 7.99. The summed E-state index contributed by atoms with van der Waals surface area (Å²) in [6.07, 6.45) is 6.37. The third-order valence-electron chi connectivity index (χ3n) is 7.99. The van der Waals surface area contributed by atoms with Gasteiger partial charge in [0.2, 0.25) is 0 Å². The van der Waals surface area contributed by atoms with Gasteiger partial charge in [-0.05, 0) is 37.2 Å². The maximum Gasteiger partial charge on any atom is 0.310 e. The van der Waals surface area contributed by atoms with Crippen LogP contribution in [0.25, 0.3) is 0 Å². The molecule has 1 spiro atoms. The van der Waals surface area contributed by atoms with Crippen LogP contribution >= 0.6 is 0 Å². The quantitative estimate of drug-likeness (QED) is 0.567. The van der Waals surface area contributed by atoms with Crippen molar-refractivity contribution in [2.24, 2.45) is 28.6 Å².